The second-order valence-electron chi connectivity index (χ2n) is 4.36. The van der Waals surface area contributed by atoms with E-state index in [4.69, 9.17) is 4.84 Å². The van der Waals surface area contributed by atoms with Crippen molar-refractivity contribution >= 4 is 5.71 Å². The molecule has 0 aromatic heterocycles. The van der Waals surface area contributed by atoms with E-state index in [0.29, 0.717) is 12.5 Å². The van der Waals surface area contributed by atoms with Crippen molar-refractivity contribution in [3.63, 3.8) is 0 Å². The van der Waals surface area contributed by atoms with Crippen LogP contribution in [-0.4, -0.2) is 36.9 Å². The molecule has 0 atom stereocenters. The van der Waals surface area contributed by atoms with Crippen LogP contribution in [0.5, 0.6) is 0 Å². The third-order valence-electron chi connectivity index (χ3n) is 2.94. The van der Waals surface area contributed by atoms with Gasteiger partial charge >= 0.3 is 0 Å². The van der Waals surface area contributed by atoms with Gasteiger partial charge in [0.25, 0.3) is 0 Å². The van der Waals surface area contributed by atoms with Crippen LogP contribution in [-0.2, 0) is 4.84 Å². The number of hydrogen-bond acceptors (Lipinski definition) is 3. The fraction of sp³-hybridized carbons (Fsp3) is 0.727. The van der Waals surface area contributed by atoms with E-state index in [1.807, 2.05) is 6.92 Å². The maximum Gasteiger partial charge on any atom is 0.137 e. The fourth-order valence-corrected chi connectivity index (χ4v) is 2.11. The van der Waals surface area contributed by atoms with Gasteiger partial charge < -0.3 is 4.84 Å². The Bertz CT molecular complexity index is 252. The highest BCUT2D eigenvalue weighted by molar-refractivity contribution is 5.89. The fourth-order valence-electron chi connectivity index (χ4n) is 2.11. The lowest BCUT2D eigenvalue weighted by molar-refractivity contribution is 0.147. The molecule has 0 radical (unpaired) electrons. The Hall–Kier alpha value is -0.830. The van der Waals surface area contributed by atoms with Crippen molar-refractivity contribution in [2.75, 3.05) is 26.2 Å². The number of hydrogen-bond donors (Lipinski definition) is 0. The Kier molecular flexibility index (Phi) is 2.87. The Morgan fingerprint density at radius 1 is 1.57 bits per heavy atom. The predicted molar refractivity (Wildman–Crippen MR) is 57.4 cm³/mol. The number of oxime groups is 1. The SMILES string of the molecule is C=C(C)CO/N=C1\CN2CCC1CC2. The second kappa shape index (κ2) is 4.13. The summed E-state index contributed by atoms with van der Waals surface area (Å²) in [4.78, 5) is 7.70. The van der Waals surface area contributed by atoms with Crippen LogP contribution in [0.15, 0.2) is 17.3 Å². The Morgan fingerprint density at radius 3 is 2.79 bits per heavy atom. The zero-order valence-corrected chi connectivity index (χ0v) is 8.83. The van der Waals surface area contributed by atoms with Gasteiger partial charge in [-0.15, -0.1) is 0 Å². The first kappa shape index (κ1) is 9.71. The molecular weight excluding hydrogens is 176 g/mol. The molecule has 3 aliphatic rings. The standard InChI is InChI=1S/C11H18N2O/c1-9(2)8-14-12-11-7-13-5-3-10(11)4-6-13/h10H,1,3-8H2,2H3/b12-11+. The van der Waals surface area contributed by atoms with E-state index in [2.05, 4.69) is 16.6 Å². The van der Waals surface area contributed by atoms with E-state index in [0.717, 1.165) is 12.1 Å². The lowest BCUT2D eigenvalue weighted by Gasteiger charge is -2.39. The van der Waals surface area contributed by atoms with Gasteiger partial charge in [0.05, 0.1) is 5.71 Å². The highest BCUT2D eigenvalue weighted by Crippen LogP contribution is 2.25. The van der Waals surface area contributed by atoms with Gasteiger partial charge in [-0.3, -0.25) is 4.90 Å². The molecule has 3 saturated heterocycles. The van der Waals surface area contributed by atoms with Crippen molar-refractivity contribution in [3.8, 4) is 0 Å². The van der Waals surface area contributed by atoms with Crippen LogP contribution < -0.4 is 0 Å². The number of piperidine rings is 3. The monoisotopic (exact) mass is 194 g/mol. The van der Waals surface area contributed by atoms with Crippen molar-refractivity contribution in [2.24, 2.45) is 11.1 Å². The van der Waals surface area contributed by atoms with E-state index in [-0.39, 0.29) is 0 Å². The highest BCUT2D eigenvalue weighted by Gasteiger charge is 2.31. The molecule has 0 aromatic rings. The van der Waals surface area contributed by atoms with Crippen molar-refractivity contribution in [3.05, 3.63) is 12.2 Å². The first-order valence-corrected chi connectivity index (χ1v) is 5.31. The van der Waals surface area contributed by atoms with Crippen molar-refractivity contribution in [1.29, 1.82) is 0 Å². The van der Waals surface area contributed by atoms with Crippen LogP contribution in [0.1, 0.15) is 19.8 Å². The third kappa shape index (κ3) is 2.15. The average Bonchev–Trinajstić information content (AvgIpc) is 2.19. The average molecular weight is 194 g/mol. The van der Waals surface area contributed by atoms with Gasteiger partial charge in [-0.2, -0.15) is 0 Å². The molecule has 3 fully saturated rings. The smallest absolute Gasteiger partial charge is 0.137 e. The third-order valence-corrected chi connectivity index (χ3v) is 2.94. The van der Waals surface area contributed by atoms with Gasteiger partial charge in [-0.25, -0.2) is 0 Å². The molecule has 0 aromatic carbocycles. The minimum atomic E-state index is 0.552. The number of rotatable bonds is 3. The van der Waals surface area contributed by atoms with Gasteiger partial charge in [-0.1, -0.05) is 11.7 Å². The summed E-state index contributed by atoms with van der Waals surface area (Å²) in [5.41, 5.74) is 2.26. The molecule has 0 unspecified atom stereocenters. The van der Waals surface area contributed by atoms with Gasteiger partial charge in [0, 0.05) is 12.5 Å². The van der Waals surface area contributed by atoms with Gasteiger partial charge in [-0.05, 0) is 38.4 Å². The quantitative estimate of drug-likeness (QED) is 0.504. The summed E-state index contributed by atoms with van der Waals surface area (Å²) in [7, 11) is 0. The van der Waals surface area contributed by atoms with Gasteiger partial charge in [0.15, 0.2) is 0 Å². The van der Waals surface area contributed by atoms with Crippen molar-refractivity contribution in [1.82, 2.24) is 4.90 Å². The highest BCUT2D eigenvalue weighted by atomic mass is 16.6. The Labute approximate surface area is 85.4 Å². The number of fused-ring (bicyclic) bond motifs is 3. The van der Waals surface area contributed by atoms with Crippen LogP contribution in [0.2, 0.25) is 0 Å². The van der Waals surface area contributed by atoms with Gasteiger partial charge in [0.2, 0.25) is 0 Å². The zero-order chi connectivity index (χ0) is 9.97. The molecule has 0 aliphatic carbocycles. The van der Waals surface area contributed by atoms with E-state index in [9.17, 15) is 0 Å². The molecule has 3 heteroatoms. The van der Waals surface area contributed by atoms with Crippen LogP contribution in [0, 0.1) is 5.92 Å². The molecule has 0 saturated carbocycles. The van der Waals surface area contributed by atoms with Crippen LogP contribution in [0.3, 0.4) is 0 Å². The molecule has 3 rings (SSSR count). The van der Waals surface area contributed by atoms with E-state index >= 15 is 0 Å². The Morgan fingerprint density at radius 2 is 2.29 bits per heavy atom. The molecule has 3 heterocycles. The van der Waals surface area contributed by atoms with Crippen LogP contribution >= 0.6 is 0 Å². The largest absolute Gasteiger partial charge is 0.391 e. The molecule has 3 nitrogen and oxygen atoms in total. The lowest BCUT2D eigenvalue weighted by Crippen LogP contribution is -2.47. The summed E-state index contributed by atoms with van der Waals surface area (Å²) in [6.07, 6.45) is 2.52. The number of nitrogens with zero attached hydrogens (tertiary/aromatic N) is 2. The van der Waals surface area contributed by atoms with Crippen molar-refractivity contribution in [2.45, 2.75) is 19.8 Å². The minimum Gasteiger partial charge on any atom is -0.391 e. The molecule has 78 valence electrons. The molecule has 0 N–H and O–H groups in total. The summed E-state index contributed by atoms with van der Waals surface area (Å²) in [6, 6.07) is 0. The summed E-state index contributed by atoms with van der Waals surface area (Å²) >= 11 is 0. The predicted octanol–water partition coefficient (Wildman–Crippen LogP) is 1.66. The summed E-state index contributed by atoms with van der Waals surface area (Å²) in [5.74, 6) is 0.685. The maximum absolute atomic E-state index is 5.25. The minimum absolute atomic E-state index is 0.552. The summed E-state index contributed by atoms with van der Waals surface area (Å²) < 4.78 is 0. The summed E-state index contributed by atoms with van der Waals surface area (Å²) in [5, 5.41) is 4.22. The molecular formula is C11H18N2O. The molecule has 14 heavy (non-hydrogen) atoms. The first-order chi connectivity index (χ1) is 6.75. The zero-order valence-electron chi connectivity index (χ0n) is 8.83. The van der Waals surface area contributed by atoms with E-state index < -0.39 is 0 Å². The lowest BCUT2D eigenvalue weighted by atomic mass is 9.87. The second-order valence-corrected chi connectivity index (χ2v) is 4.36. The maximum atomic E-state index is 5.25. The van der Waals surface area contributed by atoms with Crippen molar-refractivity contribution < 1.29 is 4.84 Å². The first-order valence-electron chi connectivity index (χ1n) is 5.31. The van der Waals surface area contributed by atoms with Crippen LogP contribution in [0.25, 0.3) is 0 Å². The normalized spacial score (nSPS) is 33.4. The molecule has 0 spiro atoms. The van der Waals surface area contributed by atoms with E-state index in [1.54, 1.807) is 0 Å². The molecule has 3 aliphatic heterocycles. The molecule has 2 bridgehead atoms. The van der Waals surface area contributed by atoms with Crippen LogP contribution in [0.4, 0.5) is 0 Å². The van der Waals surface area contributed by atoms with E-state index in [1.165, 1.54) is 31.6 Å². The topological polar surface area (TPSA) is 24.8 Å². The summed E-state index contributed by atoms with van der Waals surface area (Å²) in [6.45, 7) is 9.78. The Balaban J connectivity index is 1.88. The molecule has 0 amide bonds. The van der Waals surface area contributed by atoms with Gasteiger partial charge in [0.1, 0.15) is 6.61 Å².